The Kier molecular flexibility index (Phi) is 5.08. The van der Waals surface area contributed by atoms with Gasteiger partial charge in [-0.2, -0.15) is 0 Å². The molecule has 2 heteroatoms. The highest BCUT2D eigenvalue weighted by Crippen LogP contribution is 2.65. The van der Waals surface area contributed by atoms with E-state index in [2.05, 4.69) is 175 Å². The lowest BCUT2D eigenvalue weighted by molar-refractivity contribution is 0.669. The van der Waals surface area contributed by atoms with Crippen molar-refractivity contribution in [3.63, 3.8) is 0 Å². The summed E-state index contributed by atoms with van der Waals surface area (Å²) in [4.78, 5) is 2.45. The van der Waals surface area contributed by atoms with Gasteiger partial charge in [-0.1, -0.05) is 133 Å². The van der Waals surface area contributed by atoms with Gasteiger partial charge < -0.3 is 9.32 Å². The van der Waals surface area contributed by atoms with E-state index in [0.29, 0.717) is 0 Å². The van der Waals surface area contributed by atoms with Gasteiger partial charge in [0.1, 0.15) is 11.2 Å². The monoisotopic (exact) mass is 671 g/mol. The van der Waals surface area contributed by atoms with Crippen molar-refractivity contribution in [2.75, 3.05) is 4.90 Å². The van der Waals surface area contributed by atoms with E-state index in [9.17, 15) is 0 Å². The van der Waals surface area contributed by atoms with Crippen molar-refractivity contribution < 1.29 is 4.42 Å². The highest BCUT2D eigenvalue weighted by Gasteiger charge is 2.52. The Morgan fingerprint density at radius 2 is 1.04 bits per heavy atom. The van der Waals surface area contributed by atoms with Crippen LogP contribution in [0.3, 0.4) is 0 Å². The fourth-order valence-corrected chi connectivity index (χ4v) is 10.4. The Morgan fingerprint density at radius 1 is 0.377 bits per heavy atom. The first-order chi connectivity index (χ1) is 26.3. The van der Waals surface area contributed by atoms with E-state index in [0.717, 1.165) is 39.0 Å². The first-order valence-corrected chi connectivity index (χ1v) is 18.4. The van der Waals surface area contributed by atoms with Gasteiger partial charge in [0.05, 0.1) is 11.1 Å². The molecule has 0 radical (unpaired) electrons. The zero-order chi connectivity index (χ0) is 34.4. The number of furan rings is 1. The molecule has 13 rings (SSSR count). The van der Waals surface area contributed by atoms with Crippen LogP contribution >= 0.6 is 0 Å². The molecule has 2 aliphatic rings. The summed E-state index contributed by atoms with van der Waals surface area (Å²) in [6.45, 7) is 0. The van der Waals surface area contributed by atoms with Crippen LogP contribution in [0.2, 0.25) is 0 Å². The summed E-state index contributed by atoms with van der Waals surface area (Å²) in [5, 5.41) is 13.1. The first-order valence-electron chi connectivity index (χ1n) is 18.4. The van der Waals surface area contributed by atoms with Crippen LogP contribution < -0.4 is 4.90 Å². The maximum Gasteiger partial charge on any atom is 0.135 e. The fraction of sp³-hybridized carbons (Fsp3) is 0.0196. The third kappa shape index (κ3) is 3.27. The van der Waals surface area contributed by atoms with Crippen LogP contribution in [0, 0.1) is 0 Å². The van der Waals surface area contributed by atoms with E-state index in [4.69, 9.17) is 4.42 Å². The van der Waals surface area contributed by atoms with E-state index in [-0.39, 0.29) is 0 Å². The van der Waals surface area contributed by atoms with Gasteiger partial charge >= 0.3 is 0 Å². The van der Waals surface area contributed by atoms with Crippen molar-refractivity contribution in [2.24, 2.45) is 0 Å². The zero-order valence-corrected chi connectivity index (χ0v) is 28.6. The molecule has 1 heterocycles. The average Bonchev–Trinajstić information content (AvgIpc) is 3.85. The minimum Gasteiger partial charge on any atom is -0.456 e. The highest BCUT2D eigenvalue weighted by atomic mass is 16.3. The smallest absolute Gasteiger partial charge is 0.135 e. The Bertz CT molecular complexity index is 3350. The molecular formula is C51H29NO. The summed E-state index contributed by atoms with van der Waals surface area (Å²) in [5.41, 5.74) is 12.7. The van der Waals surface area contributed by atoms with Crippen molar-refractivity contribution in [1.82, 2.24) is 0 Å². The van der Waals surface area contributed by atoms with Gasteiger partial charge in [-0.3, -0.25) is 0 Å². The van der Waals surface area contributed by atoms with Crippen molar-refractivity contribution in [1.29, 1.82) is 0 Å². The van der Waals surface area contributed by atoms with Crippen LogP contribution in [0.25, 0.3) is 76.2 Å². The predicted molar refractivity (Wildman–Crippen MR) is 220 cm³/mol. The second kappa shape index (κ2) is 9.70. The maximum absolute atomic E-state index is 6.29. The molecule has 244 valence electrons. The molecule has 0 amide bonds. The van der Waals surface area contributed by atoms with E-state index >= 15 is 0 Å². The van der Waals surface area contributed by atoms with E-state index < -0.39 is 5.41 Å². The number of benzene rings is 10. The van der Waals surface area contributed by atoms with Crippen LogP contribution in [-0.2, 0) is 5.41 Å². The molecule has 1 unspecified atom stereocenters. The van der Waals surface area contributed by atoms with Gasteiger partial charge in [-0.05, 0) is 113 Å². The molecule has 0 fully saturated rings. The molecule has 10 aromatic carbocycles. The summed E-state index contributed by atoms with van der Waals surface area (Å²) in [6.07, 6.45) is 0. The second-order valence-corrected chi connectivity index (χ2v) is 14.7. The standard InChI is InChI=1S/C51H29NO/c1-2-12-32(13-3-1)52(33-26-28-45-38(29-33)34-14-5-7-22-44(34)53-45)43-21-10-20-40-48(43)37-15-4-6-18-39(37)51(40)41-19-9-17-36-35-16-8-11-30-23-24-31-25-27-42(51)50(49(36)41)47(31)46(30)35/h1-29H. The zero-order valence-electron chi connectivity index (χ0n) is 28.6. The molecule has 11 aromatic rings. The molecule has 53 heavy (non-hydrogen) atoms. The molecule has 2 aliphatic carbocycles. The van der Waals surface area contributed by atoms with Gasteiger partial charge in [0.25, 0.3) is 0 Å². The van der Waals surface area contributed by atoms with Gasteiger partial charge in [-0.15, -0.1) is 0 Å². The fourth-order valence-electron chi connectivity index (χ4n) is 10.4. The number of nitrogens with zero attached hydrogens (tertiary/aromatic N) is 1. The molecule has 1 aromatic heterocycles. The Hall–Kier alpha value is -6.90. The lowest BCUT2D eigenvalue weighted by Gasteiger charge is -2.32. The Morgan fingerprint density at radius 3 is 1.96 bits per heavy atom. The molecule has 0 saturated carbocycles. The summed E-state index contributed by atoms with van der Waals surface area (Å²) in [5.74, 6) is 0. The molecule has 1 spiro atoms. The average molecular weight is 672 g/mol. The predicted octanol–water partition coefficient (Wildman–Crippen LogP) is 13.8. The van der Waals surface area contributed by atoms with Crippen molar-refractivity contribution in [2.45, 2.75) is 5.41 Å². The number of fused-ring (bicyclic) bond motifs is 11. The normalized spacial score (nSPS) is 15.6. The number of rotatable bonds is 3. The lowest BCUT2D eigenvalue weighted by Crippen LogP contribution is -2.26. The number of hydrogen-bond acceptors (Lipinski definition) is 2. The number of anilines is 3. The SMILES string of the molecule is c1ccc(N(c2ccc3oc4ccccc4c3c2)c2cccc3c2-c2ccccc2C32c3cccc4c5cccc6ccc7ccc2c(c34)c7c65)cc1. The molecular weight excluding hydrogens is 643 g/mol. The number of para-hydroxylation sites is 2. The molecule has 0 saturated heterocycles. The third-order valence-corrected chi connectivity index (χ3v) is 12.4. The van der Waals surface area contributed by atoms with E-state index in [1.165, 1.54) is 76.5 Å². The molecule has 2 nitrogen and oxygen atoms in total. The molecule has 0 bridgehead atoms. The lowest BCUT2D eigenvalue weighted by atomic mass is 9.70. The van der Waals surface area contributed by atoms with Gasteiger partial charge in [0, 0.05) is 27.7 Å². The van der Waals surface area contributed by atoms with Crippen molar-refractivity contribution >= 4 is 82.1 Å². The third-order valence-electron chi connectivity index (χ3n) is 12.4. The van der Waals surface area contributed by atoms with Crippen LogP contribution in [-0.4, -0.2) is 0 Å². The summed E-state index contributed by atoms with van der Waals surface area (Å²) >= 11 is 0. The van der Waals surface area contributed by atoms with E-state index in [1.54, 1.807) is 0 Å². The molecule has 0 N–H and O–H groups in total. The van der Waals surface area contributed by atoms with Gasteiger partial charge in [0.2, 0.25) is 0 Å². The van der Waals surface area contributed by atoms with Gasteiger partial charge in [-0.25, -0.2) is 0 Å². The topological polar surface area (TPSA) is 16.4 Å². The largest absolute Gasteiger partial charge is 0.456 e. The van der Waals surface area contributed by atoms with Crippen LogP contribution in [0.5, 0.6) is 0 Å². The van der Waals surface area contributed by atoms with Crippen LogP contribution in [0.15, 0.2) is 180 Å². The van der Waals surface area contributed by atoms with Crippen molar-refractivity contribution in [3.8, 4) is 11.1 Å². The summed E-state index contributed by atoms with van der Waals surface area (Å²) in [6, 6.07) is 65.2. The second-order valence-electron chi connectivity index (χ2n) is 14.7. The van der Waals surface area contributed by atoms with E-state index in [1.807, 2.05) is 6.07 Å². The van der Waals surface area contributed by atoms with Crippen LogP contribution in [0.4, 0.5) is 17.1 Å². The van der Waals surface area contributed by atoms with Gasteiger partial charge in [0.15, 0.2) is 0 Å². The van der Waals surface area contributed by atoms with Crippen LogP contribution in [0.1, 0.15) is 22.3 Å². The quantitative estimate of drug-likeness (QED) is 0.137. The highest BCUT2D eigenvalue weighted by molar-refractivity contribution is 6.36. The minimum atomic E-state index is -0.464. The summed E-state index contributed by atoms with van der Waals surface area (Å²) < 4.78 is 6.29. The maximum atomic E-state index is 6.29. The Balaban J connectivity index is 1.16. The Labute approximate surface area is 305 Å². The first kappa shape index (κ1) is 27.8. The minimum absolute atomic E-state index is 0.464. The summed E-state index contributed by atoms with van der Waals surface area (Å²) in [7, 11) is 0. The molecule has 1 atom stereocenters. The van der Waals surface area contributed by atoms with Crippen molar-refractivity contribution in [3.05, 3.63) is 198 Å². The number of hydrogen-bond donors (Lipinski definition) is 0. The molecule has 0 aliphatic heterocycles.